The van der Waals surface area contributed by atoms with Gasteiger partial charge in [0.05, 0.1) is 5.75 Å². The Balaban J connectivity index is 1.90. The van der Waals surface area contributed by atoms with Crippen molar-refractivity contribution in [1.29, 1.82) is 0 Å². The van der Waals surface area contributed by atoms with E-state index in [2.05, 4.69) is 5.32 Å². The molecule has 0 saturated heterocycles. The van der Waals surface area contributed by atoms with Crippen molar-refractivity contribution in [3.8, 4) is 0 Å². The molecule has 2 aromatic carbocycles. The van der Waals surface area contributed by atoms with Crippen molar-refractivity contribution in [2.24, 2.45) is 0 Å². The molecule has 0 spiro atoms. The first-order chi connectivity index (χ1) is 12.0. The van der Waals surface area contributed by atoms with E-state index in [4.69, 9.17) is 0 Å². The molecular weight excluding hydrogens is 339 g/mol. The molecule has 0 atom stereocenters. The zero-order valence-corrected chi connectivity index (χ0v) is 15.1. The lowest BCUT2D eigenvalue weighted by atomic mass is 10.2. The Hall–Kier alpha value is -2.34. The van der Waals surface area contributed by atoms with Crippen LogP contribution in [0.3, 0.4) is 0 Å². The van der Waals surface area contributed by atoms with E-state index >= 15 is 0 Å². The molecule has 0 aliphatic heterocycles. The minimum atomic E-state index is -0.297. The van der Waals surface area contributed by atoms with Crippen LogP contribution in [0.1, 0.15) is 19.4 Å². The van der Waals surface area contributed by atoms with Crippen molar-refractivity contribution in [2.45, 2.75) is 25.3 Å². The average molecular weight is 360 g/mol. The van der Waals surface area contributed by atoms with Crippen LogP contribution in [0, 0.1) is 5.82 Å². The van der Waals surface area contributed by atoms with Crippen molar-refractivity contribution < 1.29 is 14.0 Å². The molecule has 132 valence electrons. The second-order valence-electron chi connectivity index (χ2n) is 5.53. The summed E-state index contributed by atoms with van der Waals surface area (Å²) in [5.74, 6) is -0.105. The van der Waals surface area contributed by atoms with Gasteiger partial charge in [-0.15, -0.1) is 11.8 Å². The predicted molar refractivity (Wildman–Crippen MR) is 99.0 cm³/mol. The molecule has 0 aliphatic rings. The van der Waals surface area contributed by atoms with E-state index in [1.54, 1.807) is 23.1 Å². The first-order valence-corrected chi connectivity index (χ1v) is 8.99. The number of hydrogen-bond acceptors (Lipinski definition) is 3. The number of benzene rings is 2. The zero-order valence-electron chi connectivity index (χ0n) is 14.3. The number of halogens is 1. The highest BCUT2D eigenvalue weighted by molar-refractivity contribution is 8.00. The third-order valence-electron chi connectivity index (χ3n) is 3.53. The fourth-order valence-corrected chi connectivity index (χ4v) is 3.11. The highest BCUT2D eigenvalue weighted by Gasteiger charge is 2.13. The van der Waals surface area contributed by atoms with Crippen LogP contribution in [0.15, 0.2) is 53.4 Å². The van der Waals surface area contributed by atoms with E-state index < -0.39 is 0 Å². The van der Waals surface area contributed by atoms with Gasteiger partial charge in [0, 0.05) is 30.6 Å². The summed E-state index contributed by atoms with van der Waals surface area (Å²) in [5, 5.41) is 2.70. The highest BCUT2D eigenvalue weighted by atomic mass is 32.2. The third kappa shape index (κ3) is 6.23. The molecule has 1 N–H and O–H groups in total. The number of rotatable bonds is 7. The smallest absolute Gasteiger partial charge is 0.233 e. The molecule has 0 saturated carbocycles. The molecule has 2 rings (SSSR count). The molecule has 6 heteroatoms. The van der Waals surface area contributed by atoms with Gasteiger partial charge in [-0.1, -0.05) is 12.1 Å². The van der Waals surface area contributed by atoms with Gasteiger partial charge in [-0.2, -0.15) is 0 Å². The van der Waals surface area contributed by atoms with Gasteiger partial charge in [-0.3, -0.25) is 9.59 Å². The number of hydrogen-bond donors (Lipinski definition) is 1. The zero-order chi connectivity index (χ0) is 18.2. The molecule has 4 nitrogen and oxygen atoms in total. The summed E-state index contributed by atoms with van der Waals surface area (Å²) < 4.78 is 13.3. The molecule has 0 radical (unpaired) electrons. The molecule has 2 amide bonds. The summed E-state index contributed by atoms with van der Waals surface area (Å²) >= 11 is 1.44. The lowest BCUT2D eigenvalue weighted by molar-refractivity contribution is -0.128. The number of carbonyl (C=O) groups is 2. The van der Waals surface area contributed by atoms with Gasteiger partial charge < -0.3 is 10.2 Å². The first kappa shape index (κ1) is 19.0. The minimum absolute atomic E-state index is 0.00250. The SMILES string of the molecule is CCN(Cc1cccc(F)c1)C(=O)CSc1ccc(NC(C)=O)cc1. The summed E-state index contributed by atoms with van der Waals surface area (Å²) in [4.78, 5) is 26.1. The van der Waals surface area contributed by atoms with Gasteiger partial charge >= 0.3 is 0 Å². The van der Waals surface area contributed by atoms with Crippen LogP contribution in [-0.4, -0.2) is 29.0 Å². The Labute approximate surface area is 151 Å². The van der Waals surface area contributed by atoms with Crippen LogP contribution in [0.2, 0.25) is 0 Å². The van der Waals surface area contributed by atoms with E-state index in [0.29, 0.717) is 18.8 Å². The molecule has 0 bridgehead atoms. The van der Waals surface area contributed by atoms with E-state index in [9.17, 15) is 14.0 Å². The maximum atomic E-state index is 13.3. The summed E-state index contributed by atoms with van der Waals surface area (Å²) in [6.45, 7) is 4.33. The normalized spacial score (nSPS) is 10.4. The Bertz CT molecular complexity index is 734. The number of nitrogens with one attached hydrogen (secondary N) is 1. The van der Waals surface area contributed by atoms with Crippen molar-refractivity contribution in [3.63, 3.8) is 0 Å². The summed E-state index contributed by atoms with van der Waals surface area (Å²) in [5.41, 5.74) is 1.50. The van der Waals surface area contributed by atoms with Crippen LogP contribution >= 0.6 is 11.8 Å². The summed E-state index contributed by atoms with van der Waals surface area (Å²) in [6, 6.07) is 13.6. The number of thioether (sulfide) groups is 1. The summed E-state index contributed by atoms with van der Waals surface area (Å²) in [7, 11) is 0. The van der Waals surface area contributed by atoms with Crippen LogP contribution in [0.25, 0.3) is 0 Å². The number of carbonyl (C=O) groups excluding carboxylic acids is 2. The van der Waals surface area contributed by atoms with Gasteiger partial charge in [0.1, 0.15) is 5.82 Å². The van der Waals surface area contributed by atoms with Crippen molar-refractivity contribution in [3.05, 3.63) is 59.9 Å². The van der Waals surface area contributed by atoms with Crippen LogP contribution < -0.4 is 5.32 Å². The van der Waals surface area contributed by atoms with Gasteiger partial charge in [0.25, 0.3) is 0 Å². The average Bonchev–Trinajstić information content (AvgIpc) is 2.58. The Kier molecular flexibility index (Phi) is 7.01. The molecular formula is C19H21FN2O2S. The van der Waals surface area contributed by atoms with E-state index in [0.717, 1.165) is 16.1 Å². The first-order valence-electron chi connectivity index (χ1n) is 8.00. The minimum Gasteiger partial charge on any atom is -0.338 e. The Morgan fingerprint density at radius 2 is 1.88 bits per heavy atom. The molecule has 0 aliphatic carbocycles. The lowest BCUT2D eigenvalue weighted by Crippen LogP contribution is -2.31. The van der Waals surface area contributed by atoms with Crippen LogP contribution in [-0.2, 0) is 16.1 Å². The van der Waals surface area contributed by atoms with Gasteiger partial charge in [0.2, 0.25) is 11.8 Å². The maximum Gasteiger partial charge on any atom is 0.233 e. The molecule has 2 aromatic rings. The van der Waals surface area contributed by atoms with Gasteiger partial charge in [-0.25, -0.2) is 4.39 Å². The topological polar surface area (TPSA) is 49.4 Å². The number of anilines is 1. The molecule has 0 heterocycles. The fraction of sp³-hybridized carbons (Fsp3) is 0.263. The van der Waals surface area contributed by atoms with Crippen LogP contribution in [0.4, 0.5) is 10.1 Å². The second kappa shape index (κ2) is 9.22. The number of amides is 2. The Morgan fingerprint density at radius 1 is 1.16 bits per heavy atom. The largest absolute Gasteiger partial charge is 0.338 e. The van der Waals surface area contributed by atoms with Crippen molar-refractivity contribution in [2.75, 3.05) is 17.6 Å². The standard InChI is InChI=1S/C19H21FN2O2S/c1-3-22(12-15-5-4-6-16(20)11-15)19(24)13-25-18-9-7-17(8-10-18)21-14(2)23/h4-11H,3,12-13H2,1-2H3,(H,21,23). The van der Waals surface area contributed by atoms with Gasteiger partial charge in [-0.05, 0) is 48.9 Å². The highest BCUT2D eigenvalue weighted by Crippen LogP contribution is 2.21. The predicted octanol–water partition coefficient (Wildman–Crippen LogP) is 3.92. The second-order valence-corrected chi connectivity index (χ2v) is 6.58. The Morgan fingerprint density at radius 3 is 2.48 bits per heavy atom. The van der Waals surface area contributed by atoms with Crippen molar-refractivity contribution >= 4 is 29.3 Å². The molecule has 25 heavy (non-hydrogen) atoms. The van der Waals surface area contributed by atoms with Gasteiger partial charge in [0.15, 0.2) is 0 Å². The van der Waals surface area contributed by atoms with E-state index in [-0.39, 0.29) is 17.6 Å². The quantitative estimate of drug-likeness (QED) is 0.761. The summed E-state index contributed by atoms with van der Waals surface area (Å²) in [6.07, 6.45) is 0. The molecule has 0 aromatic heterocycles. The lowest BCUT2D eigenvalue weighted by Gasteiger charge is -2.21. The third-order valence-corrected chi connectivity index (χ3v) is 4.53. The number of nitrogens with zero attached hydrogens (tertiary/aromatic N) is 1. The van der Waals surface area contributed by atoms with Crippen molar-refractivity contribution in [1.82, 2.24) is 4.90 Å². The molecule has 0 unspecified atom stereocenters. The monoisotopic (exact) mass is 360 g/mol. The maximum absolute atomic E-state index is 13.3. The van der Waals surface area contributed by atoms with Crippen LogP contribution in [0.5, 0.6) is 0 Å². The van der Waals surface area contributed by atoms with E-state index in [1.807, 2.05) is 25.1 Å². The molecule has 0 fully saturated rings. The fourth-order valence-electron chi connectivity index (χ4n) is 2.31. The van der Waals surface area contributed by atoms with E-state index in [1.165, 1.54) is 30.8 Å².